The smallest absolute Gasteiger partial charge is 0.307 e. The number of rotatable bonds is 4. The molecule has 6 nitrogen and oxygen atoms in total. The number of aliphatic imine (C=N–C) groups is 1. The van der Waals surface area contributed by atoms with Crippen LogP contribution < -0.4 is 4.90 Å². The fourth-order valence-electron chi connectivity index (χ4n) is 2.23. The third-order valence-corrected chi connectivity index (χ3v) is 3.33. The molecule has 1 N–H and O–H groups in total. The van der Waals surface area contributed by atoms with E-state index in [2.05, 4.69) is 16.4 Å². The van der Waals surface area contributed by atoms with Gasteiger partial charge in [-0.3, -0.25) is 14.6 Å². The summed E-state index contributed by atoms with van der Waals surface area (Å²) in [7, 11) is 1.34. The Bertz CT molecular complexity index is 569. The van der Waals surface area contributed by atoms with E-state index in [1.807, 2.05) is 4.90 Å². The highest BCUT2D eigenvalue weighted by Crippen LogP contribution is 2.37. The van der Waals surface area contributed by atoms with E-state index in [-0.39, 0.29) is 29.6 Å². The average molecular weight is 276 g/mol. The summed E-state index contributed by atoms with van der Waals surface area (Å²) in [5.41, 5.74) is 1.41. The summed E-state index contributed by atoms with van der Waals surface area (Å²) in [6, 6.07) is 3.03. The number of carbonyl (C=O) groups excluding carboxylic acids is 2. The van der Waals surface area contributed by atoms with Crippen LogP contribution in [-0.4, -0.2) is 43.8 Å². The molecule has 1 aromatic rings. The molecule has 0 aromatic heterocycles. The summed E-state index contributed by atoms with van der Waals surface area (Å²) in [6.45, 7) is 4.31. The first-order chi connectivity index (χ1) is 9.56. The molecule has 6 heteroatoms. The number of aromatic hydroxyl groups is 1. The zero-order chi connectivity index (χ0) is 14.7. The van der Waals surface area contributed by atoms with Crippen molar-refractivity contribution in [3.8, 4) is 5.75 Å². The van der Waals surface area contributed by atoms with Crippen LogP contribution in [-0.2, 0) is 9.53 Å². The molecule has 0 saturated carbocycles. The fourth-order valence-corrected chi connectivity index (χ4v) is 2.23. The molecular weight excluding hydrogens is 260 g/mol. The van der Waals surface area contributed by atoms with Crippen molar-refractivity contribution in [3.05, 3.63) is 17.7 Å². The van der Waals surface area contributed by atoms with Gasteiger partial charge in [-0.2, -0.15) is 0 Å². The van der Waals surface area contributed by atoms with E-state index >= 15 is 0 Å². The quantitative estimate of drug-likeness (QED) is 0.668. The van der Waals surface area contributed by atoms with Crippen molar-refractivity contribution in [1.29, 1.82) is 0 Å². The molecular formula is C14H16N2O4. The summed E-state index contributed by atoms with van der Waals surface area (Å²) in [5.74, 6) is -0.340. The zero-order valence-corrected chi connectivity index (χ0v) is 11.3. The molecule has 1 heterocycles. The highest BCUT2D eigenvalue weighted by Gasteiger charge is 2.25. The number of hydrogen-bond donors (Lipinski definition) is 1. The van der Waals surface area contributed by atoms with Crippen LogP contribution >= 0.6 is 0 Å². The number of esters is 1. The number of ether oxygens (including phenoxy) is 1. The Labute approximate surface area is 116 Å². The Hall–Kier alpha value is -2.37. The third kappa shape index (κ3) is 2.64. The maximum Gasteiger partial charge on any atom is 0.307 e. The number of nitrogens with zero attached hydrogens (tertiary/aromatic N) is 2. The van der Waals surface area contributed by atoms with Gasteiger partial charge in [0.05, 0.1) is 19.2 Å². The number of hydrogen-bond acceptors (Lipinski definition) is 6. The number of anilines is 1. The van der Waals surface area contributed by atoms with Gasteiger partial charge < -0.3 is 14.7 Å². The van der Waals surface area contributed by atoms with E-state index in [1.165, 1.54) is 19.2 Å². The highest BCUT2D eigenvalue weighted by atomic mass is 16.5. The lowest BCUT2D eigenvalue weighted by Gasteiger charge is -2.30. The Balaban J connectivity index is 2.31. The van der Waals surface area contributed by atoms with E-state index in [1.54, 1.807) is 0 Å². The minimum atomic E-state index is -0.308. The molecule has 0 saturated heterocycles. The Kier molecular flexibility index (Phi) is 4.02. The van der Waals surface area contributed by atoms with Crippen LogP contribution in [0.5, 0.6) is 5.75 Å². The number of ketones is 1. The molecule has 0 spiro atoms. The van der Waals surface area contributed by atoms with Crippen LogP contribution in [0.1, 0.15) is 23.2 Å². The molecule has 0 fully saturated rings. The predicted molar refractivity (Wildman–Crippen MR) is 75.1 cm³/mol. The standard InChI is InChI=1S/C14H16N2O4/c1-15-10-7-9-11(8-13(10)18)16(5-3-12(9)17)6-4-14(19)20-2/h7-8,18H,1,3-6H2,2H3. The summed E-state index contributed by atoms with van der Waals surface area (Å²) in [4.78, 5) is 28.7. The van der Waals surface area contributed by atoms with Crippen LogP contribution in [0.4, 0.5) is 11.4 Å². The predicted octanol–water partition coefficient (Wildman–Crippen LogP) is 1.68. The number of benzene rings is 1. The van der Waals surface area contributed by atoms with Crippen LogP contribution in [0.15, 0.2) is 17.1 Å². The number of phenols is 1. The molecule has 1 aliphatic heterocycles. The molecule has 0 amide bonds. The van der Waals surface area contributed by atoms with E-state index in [9.17, 15) is 14.7 Å². The van der Waals surface area contributed by atoms with Crippen LogP contribution in [0, 0.1) is 0 Å². The normalized spacial score (nSPS) is 13.8. The van der Waals surface area contributed by atoms with E-state index < -0.39 is 0 Å². The molecule has 0 radical (unpaired) electrons. The lowest BCUT2D eigenvalue weighted by Crippen LogP contribution is -2.33. The summed E-state index contributed by atoms with van der Waals surface area (Å²) in [6.07, 6.45) is 0.599. The number of Topliss-reactive ketones (excluding diaryl/α,β-unsaturated/α-hetero) is 1. The highest BCUT2D eigenvalue weighted by molar-refractivity contribution is 6.04. The second kappa shape index (κ2) is 5.73. The van der Waals surface area contributed by atoms with Crippen LogP contribution in [0.25, 0.3) is 0 Å². The first-order valence-electron chi connectivity index (χ1n) is 6.25. The molecule has 1 aliphatic rings. The first-order valence-corrected chi connectivity index (χ1v) is 6.25. The second-order valence-corrected chi connectivity index (χ2v) is 4.50. The van der Waals surface area contributed by atoms with Gasteiger partial charge in [0.25, 0.3) is 0 Å². The molecule has 20 heavy (non-hydrogen) atoms. The van der Waals surface area contributed by atoms with Gasteiger partial charge in [-0.1, -0.05) is 0 Å². The topological polar surface area (TPSA) is 79.2 Å². The molecule has 2 rings (SSSR count). The van der Waals surface area contributed by atoms with Crippen molar-refractivity contribution in [2.24, 2.45) is 4.99 Å². The minimum absolute atomic E-state index is 0.000724. The van der Waals surface area contributed by atoms with Crippen molar-refractivity contribution in [2.75, 3.05) is 25.1 Å². The van der Waals surface area contributed by atoms with Gasteiger partial charge >= 0.3 is 5.97 Å². The van der Waals surface area contributed by atoms with Gasteiger partial charge in [0.15, 0.2) is 5.78 Å². The van der Waals surface area contributed by atoms with Crippen LogP contribution in [0.3, 0.4) is 0 Å². The molecule has 1 aromatic carbocycles. The van der Waals surface area contributed by atoms with E-state index in [0.29, 0.717) is 30.8 Å². The summed E-state index contributed by atoms with van der Waals surface area (Å²) in [5, 5.41) is 9.83. The lowest BCUT2D eigenvalue weighted by molar-refractivity contribution is -0.140. The van der Waals surface area contributed by atoms with Gasteiger partial charge in [-0.25, -0.2) is 0 Å². The minimum Gasteiger partial charge on any atom is -0.506 e. The summed E-state index contributed by atoms with van der Waals surface area (Å²) >= 11 is 0. The largest absolute Gasteiger partial charge is 0.506 e. The Morgan fingerprint density at radius 1 is 1.55 bits per heavy atom. The summed E-state index contributed by atoms with van der Waals surface area (Å²) < 4.78 is 4.61. The van der Waals surface area contributed by atoms with Crippen molar-refractivity contribution < 1.29 is 19.4 Å². The monoisotopic (exact) mass is 276 g/mol. The molecule has 0 aliphatic carbocycles. The number of phenolic OH excluding ortho intramolecular Hbond substituents is 1. The molecule has 106 valence electrons. The Morgan fingerprint density at radius 2 is 2.30 bits per heavy atom. The zero-order valence-electron chi connectivity index (χ0n) is 11.3. The second-order valence-electron chi connectivity index (χ2n) is 4.50. The van der Waals surface area contributed by atoms with Gasteiger partial charge in [0, 0.05) is 31.1 Å². The van der Waals surface area contributed by atoms with Crippen LogP contribution in [0.2, 0.25) is 0 Å². The van der Waals surface area contributed by atoms with Crippen molar-refractivity contribution in [3.63, 3.8) is 0 Å². The van der Waals surface area contributed by atoms with Gasteiger partial charge in [0.2, 0.25) is 0 Å². The third-order valence-electron chi connectivity index (χ3n) is 3.33. The maximum absolute atomic E-state index is 11.9. The fraction of sp³-hybridized carbons (Fsp3) is 0.357. The SMILES string of the molecule is C=Nc1cc2c(cc1O)N(CCC(=O)OC)CCC2=O. The van der Waals surface area contributed by atoms with Crippen molar-refractivity contribution in [1.82, 2.24) is 0 Å². The number of carbonyl (C=O) groups is 2. The first kappa shape index (κ1) is 14.0. The van der Waals surface area contributed by atoms with E-state index in [0.717, 1.165) is 0 Å². The van der Waals surface area contributed by atoms with Gasteiger partial charge in [0.1, 0.15) is 11.4 Å². The molecule has 0 atom stereocenters. The van der Waals surface area contributed by atoms with Gasteiger partial charge in [-0.05, 0) is 12.8 Å². The van der Waals surface area contributed by atoms with Gasteiger partial charge in [-0.15, -0.1) is 0 Å². The maximum atomic E-state index is 11.9. The van der Waals surface area contributed by atoms with Crippen molar-refractivity contribution >= 4 is 29.8 Å². The van der Waals surface area contributed by atoms with Crippen molar-refractivity contribution in [2.45, 2.75) is 12.8 Å². The number of methoxy groups -OCH3 is 1. The average Bonchev–Trinajstić information content (AvgIpc) is 2.45. The molecule has 0 unspecified atom stereocenters. The lowest BCUT2D eigenvalue weighted by atomic mass is 9.99. The van der Waals surface area contributed by atoms with E-state index in [4.69, 9.17) is 0 Å². The molecule has 0 bridgehead atoms. The number of fused-ring (bicyclic) bond motifs is 1. The Morgan fingerprint density at radius 3 is 2.95 bits per heavy atom.